The summed E-state index contributed by atoms with van der Waals surface area (Å²) < 4.78 is 5.83. The number of hydrogen-bond acceptors (Lipinski definition) is 2. The average molecular weight is 261 g/mol. The molecule has 1 aromatic rings. The van der Waals surface area contributed by atoms with E-state index in [-0.39, 0.29) is 12.0 Å². The summed E-state index contributed by atoms with van der Waals surface area (Å²) in [6, 6.07) is 6.25. The standard InChI is InChI=1S/C16H23NO2/c1-3-15(16(18)17-4-2)19-14-10-9-12-7-5-6-8-13(12)11-14/h9-11,15H,3-8H2,1-2H3,(H,17,18). The highest BCUT2D eigenvalue weighted by Crippen LogP contribution is 2.26. The Morgan fingerprint density at radius 3 is 2.68 bits per heavy atom. The molecule has 0 heterocycles. The molecule has 0 saturated carbocycles. The van der Waals surface area contributed by atoms with E-state index >= 15 is 0 Å². The molecule has 0 fully saturated rings. The number of fused-ring (bicyclic) bond motifs is 1. The lowest BCUT2D eigenvalue weighted by atomic mass is 9.92. The van der Waals surface area contributed by atoms with Gasteiger partial charge in [0.1, 0.15) is 5.75 Å². The van der Waals surface area contributed by atoms with Crippen molar-refractivity contribution in [3.05, 3.63) is 29.3 Å². The molecule has 3 nitrogen and oxygen atoms in total. The van der Waals surface area contributed by atoms with Crippen molar-refractivity contribution in [2.45, 2.75) is 52.1 Å². The topological polar surface area (TPSA) is 38.3 Å². The quantitative estimate of drug-likeness (QED) is 0.885. The number of benzene rings is 1. The first-order valence-corrected chi connectivity index (χ1v) is 7.30. The van der Waals surface area contributed by atoms with E-state index in [9.17, 15) is 4.79 Å². The van der Waals surface area contributed by atoms with E-state index in [4.69, 9.17) is 4.74 Å². The van der Waals surface area contributed by atoms with Crippen LogP contribution in [0.2, 0.25) is 0 Å². The fourth-order valence-electron chi connectivity index (χ4n) is 2.56. The van der Waals surface area contributed by atoms with E-state index < -0.39 is 0 Å². The van der Waals surface area contributed by atoms with Gasteiger partial charge in [0.2, 0.25) is 0 Å². The number of rotatable bonds is 5. The van der Waals surface area contributed by atoms with Gasteiger partial charge in [0.25, 0.3) is 5.91 Å². The molecule has 2 rings (SSSR count). The second kappa shape index (κ2) is 6.60. The number of aryl methyl sites for hydroxylation is 2. The number of hydrogen-bond donors (Lipinski definition) is 1. The molecule has 1 aliphatic rings. The van der Waals surface area contributed by atoms with Crippen LogP contribution in [0, 0.1) is 0 Å². The molecular weight excluding hydrogens is 238 g/mol. The zero-order chi connectivity index (χ0) is 13.7. The Bertz CT molecular complexity index is 442. The van der Waals surface area contributed by atoms with Crippen molar-refractivity contribution >= 4 is 5.91 Å². The van der Waals surface area contributed by atoms with Crippen molar-refractivity contribution in [3.8, 4) is 5.75 Å². The van der Waals surface area contributed by atoms with E-state index in [1.807, 2.05) is 19.9 Å². The van der Waals surface area contributed by atoms with Crippen LogP contribution in [0.4, 0.5) is 0 Å². The predicted molar refractivity (Wildman–Crippen MR) is 76.5 cm³/mol. The fourth-order valence-corrected chi connectivity index (χ4v) is 2.56. The lowest BCUT2D eigenvalue weighted by Crippen LogP contribution is -2.37. The molecule has 1 aromatic carbocycles. The van der Waals surface area contributed by atoms with Gasteiger partial charge in [0.15, 0.2) is 6.10 Å². The smallest absolute Gasteiger partial charge is 0.261 e. The molecule has 0 radical (unpaired) electrons. The molecule has 0 spiro atoms. The molecule has 0 aromatic heterocycles. The van der Waals surface area contributed by atoms with Crippen molar-refractivity contribution in [1.82, 2.24) is 5.32 Å². The first-order valence-electron chi connectivity index (χ1n) is 7.30. The van der Waals surface area contributed by atoms with E-state index in [1.54, 1.807) is 0 Å². The van der Waals surface area contributed by atoms with Gasteiger partial charge in [-0.2, -0.15) is 0 Å². The number of nitrogens with one attached hydrogen (secondary N) is 1. The van der Waals surface area contributed by atoms with E-state index in [1.165, 1.54) is 30.4 Å². The van der Waals surface area contributed by atoms with Gasteiger partial charge in [-0.25, -0.2) is 0 Å². The van der Waals surface area contributed by atoms with E-state index in [0.717, 1.165) is 12.2 Å². The Morgan fingerprint density at radius 2 is 2.00 bits per heavy atom. The molecule has 1 amide bonds. The van der Waals surface area contributed by atoms with Gasteiger partial charge in [-0.05, 0) is 62.3 Å². The summed E-state index contributed by atoms with van der Waals surface area (Å²) in [6.45, 7) is 4.53. The Labute approximate surface area is 115 Å². The van der Waals surface area contributed by atoms with E-state index in [2.05, 4.69) is 17.4 Å². The summed E-state index contributed by atoms with van der Waals surface area (Å²) in [6.07, 6.45) is 5.13. The van der Waals surface area contributed by atoms with Crippen molar-refractivity contribution < 1.29 is 9.53 Å². The largest absolute Gasteiger partial charge is 0.481 e. The molecule has 19 heavy (non-hydrogen) atoms. The van der Waals surface area contributed by atoms with Gasteiger partial charge < -0.3 is 10.1 Å². The monoisotopic (exact) mass is 261 g/mol. The Kier molecular flexibility index (Phi) is 4.83. The van der Waals surface area contributed by atoms with Crippen molar-refractivity contribution in [2.24, 2.45) is 0 Å². The molecule has 3 heteroatoms. The molecule has 0 aliphatic heterocycles. The third kappa shape index (κ3) is 3.49. The SMILES string of the molecule is CCNC(=O)C(CC)Oc1ccc2c(c1)CCCC2. The summed E-state index contributed by atoms with van der Waals surface area (Å²) in [7, 11) is 0. The van der Waals surface area contributed by atoms with Crippen molar-refractivity contribution in [1.29, 1.82) is 0 Å². The van der Waals surface area contributed by atoms with Gasteiger partial charge in [-0.3, -0.25) is 4.79 Å². The van der Waals surface area contributed by atoms with Crippen molar-refractivity contribution in [2.75, 3.05) is 6.54 Å². The Hall–Kier alpha value is -1.51. The third-order valence-corrected chi connectivity index (χ3v) is 3.61. The number of carbonyl (C=O) groups is 1. The van der Waals surface area contributed by atoms with Crippen LogP contribution in [-0.4, -0.2) is 18.6 Å². The maximum absolute atomic E-state index is 11.8. The highest BCUT2D eigenvalue weighted by atomic mass is 16.5. The maximum atomic E-state index is 11.8. The Morgan fingerprint density at radius 1 is 1.26 bits per heavy atom. The van der Waals surface area contributed by atoms with Crippen LogP contribution < -0.4 is 10.1 Å². The molecule has 1 aliphatic carbocycles. The van der Waals surface area contributed by atoms with Crippen LogP contribution in [0.15, 0.2) is 18.2 Å². The van der Waals surface area contributed by atoms with Crippen LogP contribution in [0.3, 0.4) is 0 Å². The second-order valence-electron chi connectivity index (χ2n) is 5.05. The molecule has 0 bridgehead atoms. The summed E-state index contributed by atoms with van der Waals surface area (Å²) in [4.78, 5) is 11.8. The van der Waals surface area contributed by atoms with Gasteiger partial charge in [-0.1, -0.05) is 13.0 Å². The van der Waals surface area contributed by atoms with Crippen LogP contribution in [0.25, 0.3) is 0 Å². The van der Waals surface area contributed by atoms with Gasteiger partial charge >= 0.3 is 0 Å². The first-order chi connectivity index (χ1) is 9.24. The normalized spacial score (nSPS) is 15.5. The average Bonchev–Trinajstić information content (AvgIpc) is 2.44. The zero-order valence-corrected chi connectivity index (χ0v) is 11.9. The minimum absolute atomic E-state index is 0.0253. The highest BCUT2D eigenvalue weighted by molar-refractivity contribution is 5.81. The second-order valence-corrected chi connectivity index (χ2v) is 5.05. The number of likely N-dealkylation sites (N-methyl/N-ethyl adjacent to an activating group) is 1. The minimum Gasteiger partial charge on any atom is -0.481 e. The zero-order valence-electron chi connectivity index (χ0n) is 11.9. The van der Waals surface area contributed by atoms with E-state index in [0.29, 0.717) is 13.0 Å². The maximum Gasteiger partial charge on any atom is 0.261 e. The van der Waals surface area contributed by atoms with Gasteiger partial charge in [0.05, 0.1) is 0 Å². The molecular formula is C16H23NO2. The predicted octanol–water partition coefficient (Wildman–Crippen LogP) is 2.86. The minimum atomic E-state index is -0.387. The lowest BCUT2D eigenvalue weighted by Gasteiger charge is -2.20. The Balaban J connectivity index is 2.07. The fraction of sp³-hybridized carbons (Fsp3) is 0.562. The number of amides is 1. The first kappa shape index (κ1) is 13.9. The number of carbonyl (C=O) groups excluding carboxylic acids is 1. The summed E-state index contributed by atoms with van der Waals surface area (Å²) in [5.74, 6) is 0.793. The van der Waals surface area contributed by atoms with Gasteiger partial charge in [-0.15, -0.1) is 0 Å². The molecule has 104 valence electrons. The number of ether oxygens (including phenoxy) is 1. The molecule has 1 atom stereocenters. The van der Waals surface area contributed by atoms with Crippen LogP contribution >= 0.6 is 0 Å². The molecule has 1 N–H and O–H groups in total. The highest BCUT2D eigenvalue weighted by Gasteiger charge is 2.18. The van der Waals surface area contributed by atoms with Gasteiger partial charge in [0, 0.05) is 6.54 Å². The summed E-state index contributed by atoms with van der Waals surface area (Å²) in [5, 5.41) is 2.82. The van der Waals surface area contributed by atoms with Crippen LogP contribution in [0.1, 0.15) is 44.2 Å². The van der Waals surface area contributed by atoms with Crippen molar-refractivity contribution in [3.63, 3.8) is 0 Å². The van der Waals surface area contributed by atoms with Crippen LogP contribution in [0.5, 0.6) is 5.75 Å². The summed E-state index contributed by atoms with van der Waals surface area (Å²) in [5.41, 5.74) is 2.82. The molecule has 0 saturated heterocycles. The third-order valence-electron chi connectivity index (χ3n) is 3.61. The lowest BCUT2D eigenvalue weighted by molar-refractivity contribution is -0.128. The van der Waals surface area contributed by atoms with Crippen LogP contribution in [-0.2, 0) is 17.6 Å². The molecule has 1 unspecified atom stereocenters. The summed E-state index contributed by atoms with van der Waals surface area (Å²) >= 11 is 0.